The zero-order valence-corrected chi connectivity index (χ0v) is 9.56. The van der Waals surface area contributed by atoms with Crippen LogP contribution in [0.2, 0.25) is 0 Å². The van der Waals surface area contributed by atoms with Crippen LogP contribution in [0.1, 0.15) is 5.69 Å². The SMILES string of the molecule is CNC(=O)Cn1cc(CNCCOC)nn1. The van der Waals surface area contributed by atoms with Crippen LogP contribution in [0.5, 0.6) is 0 Å². The fraction of sp³-hybridized carbons (Fsp3) is 0.667. The van der Waals surface area contributed by atoms with Gasteiger partial charge in [0.15, 0.2) is 0 Å². The zero-order chi connectivity index (χ0) is 11.8. The van der Waals surface area contributed by atoms with E-state index in [1.165, 1.54) is 4.68 Å². The van der Waals surface area contributed by atoms with E-state index in [-0.39, 0.29) is 12.5 Å². The predicted molar refractivity (Wildman–Crippen MR) is 57.7 cm³/mol. The first-order valence-electron chi connectivity index (χ1n) is 5.05. The molecule has 0 unspecified atom stereocenters. The Morgan fingerprint density at radius 3 is 3.12 bits per heavy atom. The van der Waals surface area contributed by atoms with Crippen molar-refractivity contribution < 1.29 is 9.53 Å². The van der Waals surface area contributed by atoms with Gasteiger partial charge in [0.25, 0.3) is 0 Å². The molecule has 16 heavy (non-hydrogen) atoms. The van der Waals surface area contributed by atoms with E-state index in [0.717, 1.165) is 12.2 Å². The Labute approximate surface area is 94.2 Å². The Balaban J connectivity index is 2.30. The van der Waals surface area contributed by atoms with Gasteiger partial charge in [-0.2, -0.15) is 0 Å². The standard InChI is InChI=1S/C9H17N5O2/c1-10-9(15)7-14-6-8(12-13-14)5-11-3-4-16-2/h6,11H,3-5,7H2,1-2H3,(H,10,15). The Kier molecular flexibility index (Phi) is 5.44. The van der Waals surface area contributed by atoms with Crippen molar-refractivity contribution in [2.24, 2.45) is 0 Å². The predicted octanol–water partition coefficient (Wildman–Crippen LogP) is -1.24. The zero-order valence-electron chi connectivity index (χ0n) is 9.56. The average molecular weight is 227 g/mol. The number of likely N-dealkylation sites (N-methyl/N-ethyl adjacent to an activating group) is 1. The van der Waals surface area contributed by atoms with Crippen LogP contribution in [0, 0.1) is 0 Å². The summed E-state index contributed by atoms with van der Waals surface area (Å²) in [5, 5.41) is 13.4. The van der Waals surface area contributed by atoms with Gasteiger partial charge in [-0.3, -0.25) is 4.79 Å². The normalized spacial score (nSPS) is 10.4. The second-order valence-electron chi connectivity index (χ2n) is 3.25. The highest BCUT2D eigenvalue weighted by Crippen LogP contribution is 1.92. The van der Waals surface area contributed by atoms with Gasteiger partial charge in [0.2, 0.25) is 5.91 Å². The van der Waals surface area contributed by atoms with Gasteiger partial charge in [-0.15, -0.1) is 5.10 Å². The van der Waals surface area contributed by atoms with Gasteiger partial charge in [0.05, 0.1) is 18.5 Å². The minimum atomic E-state index is -0.0937. The number of nitrogens with one attached hydrogen (secondary N) is 2. The van der Waals surface area contributed by atoms with Crippen molar-refractivity contribution in [1.82, 2.24) is 25.6 Å². The maximum Gasteiger partial charge on any atom is 0.241 e. The van der Waals surface area contributed by atoms with E-state index in [0.29, 0.717) is 13.2 Å². The molecule has 0 saturated carbocycles. The first-order valence-corrected chi connectivity index (χ1v) is 5.05. The molecule has 0 radical (unpaired) electrons. The molecule has 7 heteroatoms. The molecule has 0 spiro atoms. The van der Waals surface area contributed by atoms with E-state index in [1.54, 1.807) is 20.4 Å². The fourth-order valence-corrected chi connectivity index (χ4v) is 1.11. The van der Waals surface area contributed by atoms with Gasteiger partial charge in [-0.25, -0.2) is 4.68 Å². The highest BCUT2D eigenvalue weighted by atomic mass is 16.5. The molecular weight excluding hydrogens is 210 g/mol. The van der Waals surface area contributed by atoms with Crippen molar-refractivity contribution in [3.05, 3.63) is 11.9 Å². The maximum atomic E-state index is 11.1. The molecule has 2 N–H and O–H groups in total. The molecule has 7 nitrogen and oxygen atoms in total. The number of ether oxygens (including phenoxy) is 1. The first kappa shape index (κ1) is 12.6. The molecule has 1 heterocycles. The molecule has 0 aliphatic heterocycles. The Hall–Kier alpha value is -1.47. The lowest BCUT2D eigenvalue weighted by atomic mass is 10.4. The van der Waals surface area contributed by atoms with Crippen molar-refractivity contribution in [2.75, 3.05) is 27.3 Å². The third-order valence-electron chi connectivity index (χ3n) is 1.96. The molecule has 1 aromatic rings. The minimum absolute atomic E-state index is 0.0937. The number of carbonyl (C=O) groups is 1. The number of hydrogen-bond donors (Lipinski definition) is 2. The van der Waals surface area contributed by atoms with Crippen LogP contribution in [0.15, 0.2) is 6.20 Å². The number of aromatic nitrogens is 3. The summed E-state index contributed by atoms with van der Waals surface area (Å²) < 4.78 is 6.40. The van der Waals surface area contributed by atoms with Crippen molar-refractivity contribution in [1.29, 1.82) is 0 Å². The lowest BCUT2D eigenvalue weighted by molar-refractivity contribution is -0.121. The molecule has 1 aromatic heterocycles. The molecule has 0 aliphatic carbocycles. The number of carbonyl (C=O) groups excluding carboxylic acids is 1. The van der Waals surface area contributed by atoms with Crippen LogP contribution in [0.4, 0.5) is 0 Å². The maximum absolute atomic E-state index is 11.1. The van der Waals surface area contributed by atoms with Gasteiger partial charge in [0, 0.05) is 27.2 Å². The molecular formula is C9H17N5O2. The summed E-state index contributed by atoms with van der Waals surface area (Å²) in [4.78, 5) is 11.1. The largest absolute Gasteiger partial charge is 0.383 e. The van der Waals surface area contributed by atoms with Crippen LogP contribution in [-0.2, 0) is 22.6 Å². The minimum Gasteiger partial charge on any atom is -0.383 e. The van der Waals surface area contributed by atoms with Crippen LogP contribution in [0.3, 0.4) is 0 Å². The van der Waals surface area contributed by atoms with E-state index in [2.05, 4.69) is 20.9 Å². The van der Waals surface area contributed by atoms with E-state index >= 15 is 0 Å². The Morgan fingerprint density at radius 2 is 2.44 bits per heavy atom. The van der Waals surface area contributed by atoms with Gasteiger partial charge in [-0.1, -0.05) is 5.21 Å². The van der Waals surface area contributed by atoms with Crippen LogP contribution >= 0.6 is 0 Å². The van der Waals surface area contributed by atoms with Crippen molar-refractivity contribution in [3.8, 4) is 0 Å². The lowest BCUT2D eigenvalue weighted by Crippen LogP contribution is -2.23. The van der Waals surface area contributed by atoms with Gasteiger partial charge in [0.1, 0.15) is 6.54 Å². The molecule has 0 atom stereocenters. The van der Waals surface area contributed by atoms with Gasteiger partial charge >= 0.3 is 0 Å². The number of methoxy groups -OCH3 is 1. The highest BCUT2D eigenvalue weighted by Gasteiger charge is 2.03. The summed E-state index contributed by atoms with van der Waals surface area (Å²) in [6.45, 7) is 2.24. The number of nitrogens with zero attached hydrogens (tertiary/aromatic N) is 3. The van der Waals surface area contributed by atoms with Crippen molar-refractivity contribution >= 4 is 5.91 Å². The number of hydrogen-bond acceptors (Lipinski definition) is 5. The monoisotopic (exact) mass is 227 g/mol. The van der Waals surface area contributed by atoms with Crippen LogP contribution < -0.4 is 10.6 Å². The lowest BCUT2D eigenvalue weighted by Gasteiger charge is -2.00. The second-order valence-corrected chi connectivity index (χ2v) is 3.25. The molecule has 0 saturated heterocycles. The summed E-state index contributed by atoms with van der Waals surface area (Å²) in [6.07, 6.45) is 1.75. The smallest absolute Gasteiger partial charge is 0.241 e. The molecule has 1 amide bonds. The second kappa shape index (κ2) is 6.91. The third kappa shape index (κ3) is 4.37. The average Bonchev–Trinajstić information content (AvgIpc) is 2.72. The molecule has 0 aliphatic rings. The Bertz CT molecular complexity index is 325. The van der Waals surface area contributed by atoms with E-state index < -0.39 is 0 Å². The fourth-order valence-electron chi connectivity index (χ4n) is 1.11. The van der Waals surface area contributed by atoms with Crippen molar-refractivity contribution in [3.63, 3.8) is 0 Å². The summed E-state index contributed by atoms with van der Waals surface area (Å²) in [5.41, 5.74) is 0.806. The molecule has 0 fully saturated rings. The number of amides is 1. The van der Waals surface area contributed by atoms with E-state index in [1.807, 2.05) is 0 Å². The summed E-state index contributed by atoms with van der Waals surface area (Å²) >= 11 is 0. The summed E-state index contributed by atoms with van der Waals surface area (Å²) in [5.74, 6) is -0.0937. The van der Waals surface area contributed by atoms with Gasteiger partial charge in [-0.05, 0) is 0 Å². The van der Waals surface area contributed by atoms with Crippen LogP contribution in [0.25, 0.3) is 0 Å². The van der Waals surface area contributed by atoms with Crippen LogP contribution in [-0.4, -0.2) is 48.2 Å². The molecule has 0 bridgehead atoms. The molecule has 1 rings (SSSR count). The third-order valence-corrected chi connectivity index (χ3v) is 1.96. The van der Waals surface area contributed by atoms with Gasteiger partial charge < -0.3 is 15.4 Å². The van der Waals surface area contributed by atoms with Crippen molar-refractivity contribution in [2.45, 2.75) is 13.1 Å². The first-order chi connectivity index (χ1) is 7.76. The Morgan fingerprint density at radius 1 is 1.62 bits per heavy atom. The quantitative estimate of drug-likeness (QED) is 0.569. The summed E-state index contributed by atoms with van der Waals surface area (Å²) in [6, 6.07) is 0. The molecule has 90 valence electrons. The number of rotatable bonds is 7. The molecule has 0 aromatic carbocycles. The van der Waals surface area contributed by atoms with E-state index in [9.17, 15) is 4.79 Å². The highest BCUT2D eigenvalue weighted by molar-refractivity contribution is 5.75. The topological polar surface area (TPSA) is 81.1 Å². The summed E-state index contributed by atoms with van der Waals surface area (Å²) in [7, 11) is 3.24. The van der Waals surface area contributed by atoms with E-state index in [4.69, 9.17) is 4.74 Å².